The molecule has 1 aliphatic heterocycles. The van der Waals surface area contributed by atoms with E-state index in [0.29, 0.717) is 37.1 Å². The predicted molar refractivity (Wildman–Crippen MR) is 95.2 cm³/mol. The van der Waals surface area contributed by atoms with Crippen LogP contribution in [0.25, 0.3) is 0 Å². The zero-order chi connectivity index (χ0) is 18.1. The van der Waals surface area contributed by atoms with Crippen LogP contribution >= 0.6 is 0 Å². The average molecular weight is 348 g/mol. The molecule has 2 aromatic rings. The third kappa shape index (κ3) is 2.99. The smallest absolute Gasteiger partial charge is 0.226 e. The Morgan fingerprint density at radius 3 is 2.85 bits per heavy atom. The van der Waals surface area contributed by atoms with Crippen LogP contribution in [0.3, 0.4) is 0 Å². The van der Waals surface area contributed by atoms with E-state index in [4.69, 9.17) is 0 Å². The van der Waals surface area contributed by atoms with Crippen molar-refractivity contribution in [2.75, 3.05) is 24.5 Å². The van der Waals surface area contributed by atoms with Crippen molar-refractivity contribution in [1.29, 1.82) is 5.26 Å². The minimum Gasteiger partial charge on any atom is -0.350 e. The molecule has 2 aromatic heterocycles. The van der Waals surface area contributed by atoms with Crippen LogP contribution in [0.15, 0.2) is 36.9 Å². The van der Waals surface area contributed by atoms with Gasteiger partial charge in [-0.3, -0.25) is 9.78 Å². The lowest BCUT2D eigenvalue weighted by Crippen LogP contribution is -2.55. The average Bonchev–Trinajstić information content (AvgIpc) is 3.49. The van der Waals surface area contributed by atoms with Gasteiger partial charge in [-0.25, -0.2) is 9.97 Å². The lowest BCUT2D eigenvalue weighted by Gasteiger charge is -2.40. The first-order valence-electron chi connectivity index (χ1n) is 8.85. The van der Waals surface area contributed by atoms with Gasteiger partial charge >= 0.3 is 0 Å². The Kier molecular flexibility index (Phi) is 4.25. The molecule has 0 bridgehead atoms. The molecular formula is C19H20N6O. The Morgan fingerprint density at radius 2 is 2.12 bits per heavy atom. The zero-order valence-corrected chi connectivity index (χ0v) is 14.6. The highest BCUT2D eigenvalue weighted by atomic mass is 16.2. The molecule has 1 aliphatic carbocycles. The molecule has 1 saturated heterocycles. The normalized spacial score (nSPS) is 24.8. The zero-order valence-electron chi connectivity index (χ0n) is 14.6. The van der Waals surface area contributed by atoms with E-state index in [2.05, 4.69) is 21.0 Å². The second-order valence-corrected chi connectivity index (χ2v) is 6.90. The van der Waals surface area contributed by atoms with E-state index in [-0.39, 0.29) is 17.9 Å². The van der Waals surface area contributed by atoms with E-state index in [0.717, 1.165) is 12.0 Å². The van der Waals surface area contributed by atoms with Gasteiger partial charge in [-0.05, 0) is 30.9 Å². The van der Waals surface area contributed by atoms with Crippen molar-refractivity contribution in [2.24, 2.45) is 5.92 Å². The van der Waals surface area contributed by atoms with Crippen molar-refractivity contribution >= 4 is 11.7 Å². The summed E-state index contributed by atoms with van der Waals surface area (Å²) < 4.78 is 0. The molecule has 1 saturated carbocycles. The molecule has 0 radical (unpaired) electrons. The molecule has 2 fully saturated rings. The Hall–Kier alpha value is -3.01. The SMILES string of the molecule is C[C@@H]1CN(c2nccnc2C#N)CCN1C(=O)[C@@H]1C[C@H]1c1cccnc1. The summed E-state index contributed by atoms with van der Waals surface area (Å²) in [6.07, 6.45) is 7.64. The highest BCUT2D eigenvalue weighted by molar-refractivity contribution is 5.83. The Bertz CT molecular complexity index is 849. The van der Waals surface area contributed by atoms with Crippen LogP contribution in [0.4, 0.5) is 5.82 Å². The quantitative estimate of drug-likeness (QED) is 0.837. The number of aromatic nitrogens is 3. The number of amides is 1. The van der Waals surface area contributed by atoms with Crippen LogP contribution in [0.1, 0.15) is 30.5 Å². The summed E-state index contributed by atoms with van der Waals surface area (Å²) in [4.78, 5) is 29.5. The number of carbonyl (C=O) groups is 1. The molecule has 26 heavy (non-hydrogen) atoms. The molecule has 3 heterocycles. The molecule has 2 aliphatic rings. The molecule has 7 nitrogen and oxygen atoms in total. The number of piperazine rings is 1. The Labute approximate surface area is 152 Å². The van der Waals surface area contributed by atoms with Gasteiger partial charge in [0.15, 0.2) is 11.5 Å². The van der Waals surface area contributed by atoms with Crippen molar-refractivity contribution < 1.29 is 4.79 Å². The third-order valence-corrected chi connectivity index (χ3v) is 5.22. The van der Waals surface area contributed by atoms with Crippen LogP contribution in [-0.4, -0.2) is 51.4 Å². The van der Waals surface area contributed by atoms with Crippen molar-refractivity contribution in [1.82, 2.24) is 19.9 Å². The number of nitrogens with zero attached hydrogens (tertiary/aromatic N) is 6. The lowest BCUT2D eigenvalue weighted by atomic mass is 10.1. The predicted octanol–water partition coefficient (Wildman–Crippen LogP) is 1.58. The van der Waals surface area contributed by atoms with Crippen LogP contribution in [-0.2, 0) is 4.79 Å². The number of anilines is 1. The van der Waals surface area contributed by atoms with Gasteiger partial charge in [-0.2, -0.15) is 5.26 Å². The monoisotopic (exact) mass is 348 g/mol. The maximum absolute atomic E-state index is 12.9. The summed E-state index contributed by atoms with van der Waals surface area (Å²) >= 11 is 0. The van der Waals surface area contributed by atoms with E-state index in [1.165, 1.54) is 6.20 Å². The summed E-state index contributed by atoms with van der Waals surface area (Å²) in [7, 11) is 0. The summed E-state index contributed by atoms with van der Waals surface area (Å²) in [5.41, 5.74) is 1.48. The number of hydrogen-bond acceptors (Lipinski definition) is 6. The van der Waals surface area contributed by atoms with Gasteiger partial charge < -0.3 is 9.80 Å². The third-order valence-electron chi connectivity index (χ3n) is 5.22. The fourth-order valence-corrected chi connectivity index (χ4v) is 3.76. The first-order valence-corrected chi connectivity index (χ1v) is 8.85. The van der Waals surface area contributed by atoms with E-state index >= 15 is 0 Å². The number of nitriles is 1. The number of carbonyl (C=O) groups excluding carboxylic acids is 1. The van der Waals surface area contributed by atoms with Crippen LogP contribution in [0.5, 0.6) is 0 Å². The molecule has 0 unspecified atom stereocenters. The molecular weight excluding hydrogens is 328 g/mol. The van der Waals surface area contributed by atoms with Crippen LogP contribution in [0.2, 0.25) is 0 Å². The van der Waals surface area contributed by atoms with Gasteiger partial charge in [0.25, 0.3) is 0 Å². The second-order valence-electron chi connectivity index (χ2n) is 6.90. The van der Waals surface area contributed by atoms with Gasteiger partial charge in [-0.1, -0.05) is 6.07 Å². The maximum Gasteiger partial charge on any atom is 0.226 e. The van der Waals surface area contributed by atoms with Gasteiger partial charge in [0.1, 0.15) is 6.07 Å². The summed E-state index contributed by atoms with van der Waals surface area (Å²) in [5.74, 6) is 1.20. The lowest BCUT2D eigenvalue weighted by molar-refractivity contribution is -0.135. The summed E-state index contributed by atoms with van der Waals surface area (Å²) in [6, 6.07) is 6.13. The highest BCUT2D eigenvalue weighted by Crippen LogP contribution is 2.48. The van der Waals surface area contributed by atoms with E-state index in [9.17, 15) is 10.1 Å². The number of pyridine rings is 1. The summed E-state index contributed by atoms with van der Waals surface area (Å²) in [6.45, 7) is 4.00. The van der Waals surface area contributed by atoms with Gasteiger partial charge in [0, 0.05) is 56.4 Å². The number of rotatable bonds is 3. The standard InChI is InChI=1S/C19H20N6O/c1-13-12-24(18-17(10-20)22-5-6-23-18)7-8-25(13)19(26)16-9-15(16)14-3-2-4-21-11-14/h2-6,11,13,15-16H,7-9,12H2,1H3/t13-,15+,16-/m1/s1. The van der Waals surface area contributed by atoms with Crippen LogP contribution < -0.4 is 4.90 Å². The molecule has 132 valence electrons. The van der Waals surface area contributed by atoms with Gasteiger partial charge in [0.05, 0.1) is 0 Å². The highest BCUT2D eigenvalue weighted by Gasteiger charge is 2.47. The molecule has 0 spiro atoms. The van der Waals surface area contributed by atoms with Crippen molar-refractivity contribution in [3.8, 4) is 6.07 Å². The fourth-order valence-electron chi connectivity index (χ4n) is 3.76. The molecule has 3 atom stereocenters. The molecule has 1 amide bonds. The van der Waals surface area contributed by atoms with E-state index < -0.39 is 0 Å². The molecule has 4 rings (SSSR count). The Balaban J connectivity index is 1.42. The number of hydrogen-bond donors (Lipinski definition) is 0. The molecule has 0 N–H and O–H groups in total. The minimum absolute atomic E-state index is 0.0689. The largest absolute Gasteiger partial charge is 0.350 e. The molecule has 7 heteroatoms. The van der Waals surface area contributed by atoms with Crippen molar-refractivity contribution in [3.63, 3.8) is 0 Å². The maximum atomic E-state index is 12.9. The van der Waals surface area contributed by atoms with Crippen LogP contribution in [0, 0.1) is 17.2 Å². The summed E-state index contributed by atoms with van der Waals surface area (Å²) in [5, 5.41) is 9.22. The molecule has 0 aromatic carbocycles. The van der Waals surface area contributed by atoms with E-state index in [1.54, 1.807) is 12.4 Å². The van der Waals surface area contributed by atoms with E-state index in [1.807, 2.05) is 35.1 Å². The topological polar surface area (TPSA) is 86.0 Å². The second kappa shape index (κ2) is 6.71. The van der Waals surface area contributed by atoms with Gasteiger partial charge in [-0.15, -0.1) is 0 Å². The van der Waals surface area contributed by atoms with Crippen molar-refractivity contribution in [2.45, 2.75) is 25.3 Å². The van der Waals surface area contributed by atoms with Crippen molar-refractivity contribution in [3.05, 3.63) is 48.2 Å². The Morgan fingerprint density at radius 1 is 1.27 bits per heavy atom. The minimum atomic E-state index is 0.0689. The first kappa shape index (κ1) is 16.5. The fraction of sp³-hybridized carbons (Fsp3) is 0.421. The first-order chi connectivity index (χ1) is 12.7. The van der Waals surface area contributed by atoms with Gasteiger partial charge in [0.2, 0.25) is 5.91 Å².